The molecule has 1 aromatic carbocycles. The number of carbonyl (C=O) groups is 3. The molecule has 7 nitrogen and oxygen atoms in total. The van der Waals surface area contributed by atoms with E-state index in [9.17, 15) is 14.4 Å². The summed E-state index contributed by atoms with van der Waals surface area (Å²) in [7, 11) is 0. The van der Waals surface area contributed by atoms with Crippen LogP contribution in [0.3, 0.4) is 0 Å². The second-order valence-electron chi connectivity index (χ2n) is 6.68. The van der Waals surface area contributed by atoms with Gasteiger partial charge in [-0.15, -0.1) is 0 Å². The van der Waals surface area contributed by atoms with E-state index in [-0.39, 0.29) is 24.3 Å². The quantitative estimate of drug-likeness (QED) is 0.890. The predicted molar refractivity (Wildman–Crippen MR) is 97.2 cm³/mol. The lowest BCUT2D eigenvalue weighted by atomic mass is 10.1. The van der Waals surface area contributed by atoms with Gasteiger partial charge in [0.05, 0.1) is 5.69 Å². The van der Waals surface area contributed by atoms with Crippen LogP contribution in [0, 0.1) is 0 Å². The maximum Gasteiger partial charge on any atom is 0.262 e. The molecule has 3 rings (SSSR count). The molecule has 1 fully saturated rings. The van der Waals surface area contributed by atoms with Crippen LogP contribution < -0.4 is 10.1 Å². The minimum atomic E-state index is -0.224. The van der Waals surface area contributed by atoms with E-state index < -0.39 is 0 Å². The standard InChI is InChI=1S/C19H25N3O4/c1-2-3-5-18(24)21-8-4-9-22(11-10-21)19(25)14-6-7-16-15(12-14)20-17(23)13-26-16/h6-7,12H,2-5,8-11,13H2,1H3,(H,20,23). The fourth-order valence-electron chi connectivity index (χ4n) is 3.25. The average molecular weight is 359 g/mol. The minimum Gasteiger partial charge on any atom is -0.482 e. The van der Waals surface area contributed by atoms with Crippen molar-refractivity contribution in [3.05, 3.63) is 23.8 Å². The normalized spacial score (nSPS) is 17.0. The van der Waals surface area contributed by atoms with Crippen LogP contribution in [0.4, 0.5) is 5.69 Å². The highest BCUT2D eigenvalue weighted by molar-refractivity contribution is 5.99. The third-order valence-corrected chi connectivity index (χ3v) is 4.74. The largest absolute Gasteiger partial charge is 0.482 e. The third kappa shape index (κ3) is 4.15. The first-order valence-electron chi connectivity index (χ1n) is 9.22. The second kappa shape index (κ2) is 8.21. The van der Waals surface area contributed by atoms with Gasteiger partial charge in [-0.3, -0.25) is 14.4 Å². The van der Waals surface area contributed by atoms with Crippen molar-refractivity contribution in [3.8, 4) is 5.75 Å². The average Bonchev–Trinajstić information content (AvgIpc) is 2.91. The van der Waals surface area contributed by atoms with Gasteiger partial charge in [0.2, 0.25) is 5.91 Å². The summed E-state index contributed by atoms with van der Waals surface area (Å²) in [5.74, 6) is 0.438. The minimum absolute atomic E-state index is 0.00564. The van der Waals surface area contributed by atoms with Crippen molar-refractivity contribution >= 4 is 23.4 Å². The molecule has 3 amide bonds. The van der Waals surface area contributed by atoms with Gasteiger partial charge in [-0.2, -0.15) is 0 Å². The van der Waals surface area contributed by atoms with Gasteiger partial charge >= 0.3 is 0 Å². The summed E-state index contributed by atoms with van der Waals surface area (Å²) in [4.78, 5) is 40.2. The number of hydrogen-bond acceptors (Lipinski definition) is 4. The third-order valence-electron chi connectivity index (χ3n) is 4.74. The Hall–Kier alpha value is -2.57. The van der Waals surface area contributed by atoms with Gasteiger partial charge in [0, 0.05) is 38.2 Å². The highest BCUT2D eigenvalue weighted by atomic mass is 16.5. The molecule has 1 N–H and O–H groups in total. The lowest BCUT2D eigenvalue weighted by molar-refractivity contribution is -0.131. The van der Waals surface area contributed by atoms with Crippen molar-refractivity contribution < 1.29 is 19.1 Å². The first kappa shape index (κ1) is 18.2. The number of anilines is 1. The lowest BCUT2D eigenvalue weighted by Crippen LogP contribution is -2.37. The predicted octanol–water partition coefficient (Wildman–Crippen LogP) is 1.88. The van der Waals surface area contributed by atoms with Gasteiger partial charge in [0.1, 0.15) is 5.75 Å². The molecule has 7 heteroatoms. The first-order chi connectivity index (χ1) is 12.6. The van der Waals surface area contributed by atoms with Crippen molar-refractivity contribution in [2.24, 2.45) is 0 Å². The molecule has 0 unspecified atom stereocenters. The summed E-state index contributed by atoms with van der Waals surface area (Å²) >= 11 is 0. The summed E-state index contributed by atoms with van der Waals surface area (Å²) in [5, 5.41) is 2.72. The summed E-state index contributed by atoms with van der Waals surface area (Å²) in [5.41, 5.74) is 1.04. The number of hydrogen-bond donors (Lipinski definition) is 1. The summed E-state index contributed by atoms with van der Waals surface area (Å²) < 4.78 is 5.33. The zero-order valence-electron chi connectivity index (χ0n) is 15.1. The van der Waals surface area contributed by atoms with Gasteiger partial charge in [0.15, 0.2) is 6.61 Å². The van der Waals surface area contributed by atoms with Crippen LogP contribution in [0.5, 0.6) is 5.75 Å². The highest BCUT2D eigenvalue weighted by Gasteiger charge is 2.24. The second-order valence-corrected chi connectivity index (χ2v) is 6.68. The van der Waals surface area contributed by atoms with Crippen LogP contribution in [0.15, 0.2) is 18.2 Å². The van der Waals surface area contributed by atoms with E-state index in [0.717, 1.165) is 19.3 Å². The molecule has 2 aliphatic rings. The zero-order valence-corrected chi connectivity index (χ0v) is 15.1. The van der Waals surface area contributed by atoms with Crippen LogP contribution in [-0.4, -0.2) is 60.3 Å². The maximum absolute atomic E-state index is 12.8. The molecular formula is C19H25N3O4. The van der Waals surface area contributed by atoms with E-state index in [2.05, 4.69) is 12.2 Å². The van der Waals surface area contributed by atoms with Crippen LogP contribution in [0.1, 0.15) is 43.0 Å². The summed E-state index contributed by atoms with van der Waals surface area (Å²) in [6, 6.07) is 5.08. The molecule has 0 atom stereocenters. The van der Waals surface area contributed by atoms with Gasteiger partial charge in [-0.1, -0.05) is 13.3 Å². The van der Waals surface area contributed by atoms with Gasteiger partial charge in [0.25, 0.3) is 11.8 Å². The number of nitrogens with one attached hydrogen (secondary N) is 1. The van der Waals surface area contributed by atoms with Crippen molar-refractivity contribution in [3.63, 3.8) is 0 Å². The van der Waals surface area contributed by atoms with Crippen molar-refractivity contribution in [1.29, 1.82) is 0 Å². The van der Waals surface area contributed by atoms with Crippen molar-refractivity contribution in [2.45, 2.75) is 32.6 Å². The van der Waals surface area contributed by atoms with E-state index in [0.29, 0.717) is 49.6 Å². The van der Waals surface area contributed by atoms with Crippen LogP contribution >= 0.6 is 0 Å². The molecule has 0 spiro atoms. The van der Waals surface area contributed by atoms with Gasteiger partial charge in [-0.25, -0.2) is 0 Å². The van der Waals surface area contributed by atoms with Crippen molar-refractivity contribution in [1.82, 2.24) is 9.80 Å². The first-order valence-corrected chi connectivity index (χ1v) is 9.22. The Morgan fingerprint density at radius 1 is 1.15 bits per heavy atom. The molecule has 1 aromatic rings. The number of carbonyl (C=O) groups excluding carboxylic acids is 3. The lowest BCUT2D eigenvalue weighted by Gasteiger charge is -2.23. The van der Waals surface area contributed by atoms with E-state index in [1.807, 2.05) is 4.90 Å². The van der Waals surface area contributed by atoms with Crippen molar-refractivity contribution in [2.75, 3.05) is 38.1 Å². The van der Waals surface area contributed by atoms with Crippen LogP contribution in [0.25, 0.3) is 0 Å². The Bertz CT molecular complexity index is 704. The Morgan fingerprint density at radius 2 is 1.92 bits per heavy atom. The topological polar surface area (TPSA) is 79.0 Å². The molecule has 0 radical (unpaired) electrons. The Labute approximate surface area is 153 Å². The number of unbranched alkanes of at least 4 members (excludes halogenated alkanes) is 1. The fraction of sp³-hybridized carbons (Fsp3) is 0.526. The number of ether oxygens (including phenoxy) is 1. The van der Waals surface area contributed by atoms with E-state index in [1.54, 1.807) is 23.1 Å². The fourth-order valence-corrected chi connectivity index (χ4v) is 3.25. The number of amides is 3. The van der Waals surface area contributed by atoms with E-state index >= 15 is 0 Å². The SMILES string of the molecule is CCCCC(=O)N1CCCN(C(=O)c2ccc3c(c2)NC(=O)CO3)CC1. The Kier molecular flexibility index (Phi) is 5.75. The number of fused-ring (bicyclic) bond motifs is 1. The number of nitrogens with zero attached hydrogens (tertiary/aromatic N) is 2. The molecule has 0 bridgehead atoms. The zero-order chi connectivity index (χ0) is 18.5. The molecule has 0 aromatic heterocycles. The molecule has 2 aliphatic heterocycles. The summed E-state index contributed by atoms with van der Waals surface area (Å²) in [6.07, 6.45) is 3.26. The molecular weight excluding hydrogens is 334 g/mol. The molecule has 1 saturated heterocycles. The van der Waals surface area contributed by atoms with Crippen LogP contribution in [-0.2, 0) is 9.59 Å². The van der Waals surface area contributed by atoms with Crippen LogP contribution in [0.2, 0.25) is 0 Å². The van der Waals surface area contributed by atoms with E-state index in [1.165, 1.54) is 0 Å². The maximum atomic E-state index is 12.8. The highest BCUT2D eigenvalue weighted by Crippen LogP contribution is 2.29. The van der Waals surface area contributed by atoms with E-state index in [4.69, 9.17) is 4.74 Å². The van der Waals surface area contributed by atoms with Gasteiger partial charge < -0.3 is 19.9 Å². The molecule has 140 valence electrons. The monoisotopic (exact) mass is 359 g/mol. The molecule has 0 saturated carbocycles. The Balaban J connectivity index is 1.64. The van der Waals surface area contributed by atoms with Gasteiger partial charge in [-0.05, 0) is 31.0 Å². The molecule has 2 heterocycles. The molecule has 26 heavy (non-hydrogen) atoms. The smallest absolute Gasteiger partial charge is 0.262 e. The number of rotatable bonds is 4. The number of benzene rings is 1. The Morgan fingerprint density at radius 3 is 2.73 bits per heavy atom. The summed E-state index contributed by atoms with van der Waals surface area (Å²) in [6.45, 7) is 4.48. The molecule has 0 aliphatic carbocycles.